The molecule has 0 heterocycles. The number of rotatable bonds is 60. The topological polar surface area (TPSA) is 108 Å². The molecule has 0 aliphatic carbocycles. The van der Waals surface area contributed by atoms with Gasteiger partial charge < -0.3 is 28.8 Å². The van der Waals surface area contributed by atoms with E-state index >= 15 is 0 Å². The molecule has 0 saturated heterocycles. The van der Waals surface area contributed by atoms with Gasteiger partial charge in [0.2, 0.25) is 5.91 Å². The fourth-order valence-electron chi connectivity index (χ4n) is 9.57. The number of nitrogens with one attached hydrogen (secondary N) is 1. The van der Waals surface area contributed by atoms with E-state index in [0.29, 0.717) is 17.4 Å². The molecule has 0 aliphatic rings. The van der Waals surface area contributed by atoms with Gasteiger partial charge >= 0.3 is 0 Å². The Hall–Kier alpha value is -1.80. The average molecular weight is 1090 g/mol. The Balaban J connectivity index is 3.85. The highest BCUT2D eigenvalue weighted by Crippen LogP contribution is 2.38. The van der Waals surface area contributed by atoms with Crippen LogP contribution in [-0.2, 0) is 18.4 Å². The van der Waals surface area contributed by atoms with Gasteiger partial charge in [-0.3, -0.25) is 9.36 Å². The molecular weight excluding hydrogens is 960 g/mol. The minimum atomic E-state index is -4.61. The van der Waals surface area contributed by atoms with Crippen LogP contribution >= 0.6 is 7.82 Å². The van der Waals surface area contributed by atoms with Crippen molar-refractivity contribution in [3.8, 4) is 0 Å². The number of amides is 1. The van der Waals surface area contributed by atoms with Crippen LogP contribution in [0.25, 0.3) is 0 Å². The first-order valence-electron chi connectivity index (χ1n) is 32.7. The molecule has 0 aromatic carbocycles. The summed E-state index contributed by atoms with van der Waals surface area (Å²) >= 11 is 0. The van der Waals surface area contributed by atoms with Crippen LogP contribution in [0.5, 0.6) is 0 Å². The van der Waals surface area contributed by atoms with E-state index in [9.17, 15) is 19.4 Å². The molecule has 0 fully saturated rings. The molecule has 0 spiro atoms. The van der Waals surface area contributed by atoms with Gasteiger partial charge in [0.05, 0.1) is 39.9 Å². The van der Waals surface area contributed by atoms with E-state index in [2.05, 4.69) is 67.8 Å². The molecule has 0 aliphatic heterocycles. The lowest BCUT2D eigenvalue weighted by molar-refractivity contribution is -0.870. The monoisotopic (exact) mass is 1090 g/mol. The Kier molecular flexibility index (Phi) is 56.5. The summed E-state index contributed by atoms with van der Waals surface area (Å²) in [5.74, 6) is -0.208. The van der Waals surface area contributed by atoms with E-state index < -0.39 is 26.6 Å². The van der Waals surface area contributed by atoms with E-state index in [4.69, 9.17) is 9.05 Å². The number of carbonyl (C=O) groups is 1. The molecule has 0 rings (SSSR count). The summed E-state index contributed by atoms with van der Waals surface area (Å²) in [6.07, 6.45) is 79.3. The maximum Gasteiger partial charge on any atom is 0.268 e. The van der Waals surface area contributed by atoms with Crippen LogP contribution in [0.1, 0.15) is 309 Å². The molecule has 1 amide bonds. The standard InChI is InChI=1S/C67H127N2O6P/c1-6-8-10-12-14-16-18-20-21-22-23-24-25-26-27-28-29-30-31-32-33-34-35-36-37-38-39-40-41-42-43-44-45-46-47-49-51-53-55-57-59-61-67(71)68-65(64-75-76(72,73)74-63-62-69(3,4)5)66(70)60-58-56-54-52-50-48-19-17-15-13-11-9-7-2/h15,17-18,20,22-23,50,52,58,60,65-66,70H,6-14,16,19,21,24-49,51,53-57,59,61-64H2,1-5H3,(H-,68,71,72,73)/b17-15+,20-18-,23-22-,52-50+,60-58+. The highest BCUT2D eigenvalue weighted by Gasteiger charge is 2.23. The summed E-state index contributed by atoms with van der Waals surface area (Å²) in [7, 11) is 1.24. The lowest BCUT2D eigenvalue weighted by Crippen LogP contribution is -2.45. The number of allylic oxidation sites excluding steroid dienone is 9. The second-order valence-corrected chi connectivity index (χ2v) is 24.9. The van der Waals surface area contributed by atoms with E-state index in [-0.39, 0.29) is 12.5 Å². The number of phosphoric ester groups is 1. The number of nitrogens with zero attached hydrogens (tertiary/aromatic N) is 1. The smallest absolute Gasteiger partial charge is 0.268 e. The van der Waals surface area contributed by atoms with Gasteiger partial charge in [-0.2, -0.15) is 0 Å². The largest absolute Gasteiger partial charge is 0.756 e. The van der Waals surface area contributed by atoms with Gasteiger partial charge in [-0.15, -0.1) is 0 Å². The molecule has 3 atom stereocenters. The molecule has 3 unspecified atom stereocenters. The summed E-state index contributed by atoms with van der Waals surface area (Å²) < 4.78 is 23.3. The fraction of sp³-hybridized carbons (Fsp3) is 0.836. The lowest BCUT2D eigenvalue weighted by atomic mass is 10.0. The van der Waals surface area contributed by atoms with Crippen LogP contribution in [0.4, 0.5) is 0 Å². The normalized spacial score (nSPS) is 14.1. The van der Waals surface area contributed by atoms with Gasteiger partial charge in [0, 0.05) is 6.42 Å². The second-order valence-electron chi connectivity index (χ2n) is 23.4. The molecule has 0 aromatic heterocycles. The van der Waals surface area contributed by atoms with Crippen LogP contribution < -0.4 is 10.2 Å². The fourth-order valence-corrected chi connectivity index (χ4v) is 10.3. The van der Waals surface area contributed by atoms with Crippen molar-refractivity contribution in [2.24, 2.45) is 0 Å². The third-order valence-corrected chi connectivity index (χ3v) is 15.6. The highest BCUT2D eigenvalue weighted by atomic mass is 31.2. The lowest BCUT2D eigenvalue weighted by Gasteiger charge is -2.29. The minimum Gasteiger partial charge on any atom is -0.756 e. The Labute approximate surface area is 472 Å². The van der Waals surface area contributed by atoms with Gasteiger partial charge in [-0.05, 0) is 77.0 Å². The predicted molar refractivity (Wildman–Crippen MR) is 330 cm³/mol. The molecule has 0 saturated carbocycles. The molecule has 8 nitrogen and oxygen atoms in total. The molecule has 0 bridgehead atoms. The number of aliphatic hydroxyl groups excluding tert-OH is 1. The van der Waals surface area contributed by atoms with Gasteiger partial charge in [-0.25, -0.2) is 0 Å². The second kappa shape index (κ2) is 57.9. The molecular formula is C67H127N2O6P. The number of likely N-dealkylation sites (N-methyl/N-ethyl adjacent to an activating group) is 1. The third kappa shape index (κ3) is 59.9. The van der Waals surface area contributed by atoms with Crippen LogP contribution in [0.15, 0.2) is 60.8 Å². The van der Waals surface area contributed by atoms with Crippen LogP contribution in [0, 0.1) is 0 Å². The first-order chi connectivity index (χ1) is 37.0. The zero-order valence-electron chi connectivity index (χ0n) is 51.0. The van der Waals surface area contributed by atoms with Gasteiger partial charge in [0.25, 0.3) is 7.82 Å². The maximum absolute atomic E-state index is 13.0. The van der Waals surface area contributed by atoms with E-state index in [1.165, 1.54) is 231 Å². The molecule has 2 N–H and O–H groups in total. The number of hydrogen-bond acceptors (Lipinski definition) is 6. The molecule has 446 valence electrons. The van der Waals surface area contributed by atoms with Crippen molar-refractivity contribution >= 4 is 13.7 Å². The Bertz CT molecular complexity index is 1420. The van der Waals surface area contributed by atoms with Crippen LogP contribution in [0.3, 0.4) is 0 Å². The van der Waals surface area contributed by atoms with Crippen molar-refractivity contribution in [2.45, 2.75) is 321 Å². The van der Waals surface area contributed by atoms with Gasteiger partial charge in [0.15, 0.2) is 0 Å². The van der Waals surface area contributed by atoms with Crippen LogP contribution in [0.2, 0.25) is 0 Å². The molecule has 0 aromatic rings. The van der Waals surface area contributed by atoms with Crippen molar-refractivity contribution in [1.82, 2.24) is 5.32 Å². The van der Waals surface area contributed by atoms with E-state index in [1.807, 2.05) is 27.2 Å². The zero-order valence-corrected chi connectivity index (χ0v) is 51.9. The number of quaternary nitrogens is 1. The number of unbranched alkanes of at least 4 members (excludes halogenated alkanes) is 39. The summed E-state index contributed by atoms with van der Waals surface area (Å²) in [5.41, 5.74) is 0. The van der Waals surface area contributed by atoms with Gasteiger partial charge in [0.1, 0.15) is 13.2 Å². The summed E-state index contributed by atoms with van der Waals surface area (Å²) in [6.45, 7) is 4.59. The number of aliphatic hydroxyl groups is 1. The first-order valence-corrected chi connectivity index (χ1v) is 34.1. The maximum atomic E-state index is 13.0. The van der Waals surface area contributed by atoms with Crippen molar-refractivity contribution in [3.63, 3.8) is 0 Å². The molecule has 9 heteroatoms. The zero-order chi connectivity index (χ0) is 55.6. The third-order valence-electron chi connectivity index (χ3n) is 14.7. The quantitative estimate of drug-likeness (QED) is 0.0272. The van der Waals surface area contributed by atoms with Gasteiger partial charge in [-0.1, -0.05) is 286 Å². The predicted octanol–water partition coefficient (Wildman–Crippen LogP) is 19.8. The van der Waals surface area contributed by atoms with Crippen molar-refractivity contribution < 1.29 is 32.9 Å². The SMILES string of the molecule is CCCCC/C=C/CC/C=C/CC/C=C/C(O)C(COP(=O)([O-])OCC[N+](C)(C)C)NC(=O)CCCCCCCCCCCCCCCCCCCCCCCCCCCCCCC/C=C\C/C=C\CCCCCCC. The molecule has 76 heavy (non-hydrogen) atoms. The average Bonchev–Trinajstić information content (AvgIpc) is 3.38. The number of hydrogen-bond donors (Lipinski definition) is 2. The summed E-state index contributed by atoms with van der Waals surface area (Å²) in [5, 5.41) is 13.8. The number of carbonyl (C=O) groups excluding carboxylic acids is 1. The Morgan fingerprint density at radius 2 is 0.776 bits per heavy atom. The van der Waals surface area contributed by atoms with Crippen LogP contribution in [-0.4, -0.2) is 68.5 Å². The van der Waals surface area contributed by atoms with Crippen molar-refractivity contribution in [2.75, 3.05) is 40.9 Å². The number of phosphoric acid groups is 1. The first kappa shape index (κ1) is 74.2. The highest BCUT2D eigenvalue weighted by molar-refractivity contribution is 7.45. The Morgan fingerprint density at radius 1 is 0.461 bits per heavy atom. The van der Waals surface area contributed by atoms with Crippen molar-refractivity contribution in [3.05, 3.63) is 60.8 Å². The Morgan fingerprint density at radius 3 is 1.17 bits per heavy atom. The van der Waals surface area contributed by atoms with E-state index in [1.54, 1.807) is 6.08 Å². The van der Waals surface area contributed by atoms with E-state index in [0.717, 1.165) is 57.8 Å². The minimum absolute atomic E-state index is 0.00875. The van der Waals surface area contributed by atoms with Crippen molar-refractivity contribution in [1.29, 1.82) is 0 Å². The molecule has 0 radical (unpaired) electrons. The summed E-state index contributed by atoms with van der Waals surface area (Å²) in [4.78, 5) is 25.5. The summed E-state index contributed by atoms with van der Waals surface area (Å²) in [6, 6.07) is -0.909.